The molecule has 0 saturated heterocycles. The van der Waals surface area contributed by atoms with Crippen LogP contribution in [0.1, 0.15) is 24.0 Å². The lowest BCUT2D eigenvalue weighted by atomic mass is 9.78. The van der Waals surface area contributed by atoms with E-state index in [-0.39, 0.29) is 22.4 Å². The van der Waals surface area contributed by atoms with Gasteiger partial charge in [0.25, 0.3) is 0 Å². The van der Waals surface area contributed by atoms with Crippen molar-refractivity contribution in [3.63, 3.8) is 0 Å². The van der Waals surface area contributed by atoms with Crippen LogP contribution in [0.25, 0.3) is 0 Å². The molecule has 25 heavy (non-hydrogen) atoms. The Morgan fingerprint density at radius 1 is 1.04 bits per heavy atom. The van der Waals surface area contributed by atoms with Crippen molar-refractivity contribution in [3.8, 4) is 12.1 Å². The third-order valence-corrected chi connectivity index (χ3v) is 3.88. The predicted molar refractivity (Wildman–Crippen MR) is 86.4 cm³/mol. The Morgan fingerprint density at radius 2 is 1.64 bits per heavy atom. The fourth-order valence-electron chi connectivity index (χ4n) is 2.79. The second kappa shape index (κ2) is 7.33. The van der Waals surface area contributed by atoms with Crippen molar-refractivity contribution >= 4 is 11.9 Å². The maximum Gasteiger partial charge on any atom is 0.337 e. The van der Waals surface area contributed by atoms with Gasteiger partial charge >= 0.3 is 11.9 Å². The monoisotopic (exact) mass is 337 g/mol. The van der Waals surface area contributed by atoms with Crippen LogP contribution in [0.5, 0.6) is 0 Å². The molecule has 7 heteroatoms. The number of benzene rings is 1. The Labute approximate surface area is 144 Å². The number of carbonyl (C=O) groups excluding carboxylic acids is 2. The van der Waals surface area contributed by atoms with Crippen molar-refractivity contribution < 1.29 is 19.1 Å². The van der Waals surface area contributed by atoms with Gasteiger partial charge in [-0.25, -0.2) is 9.59 Å². The van der Waals surface area contributed by atoms with E-state index in [1.54, 1.807) is 31.2 Å². The van der Waals surface area contributed by atoms with Crippen LogP contribution in [0.4, 0.5) is 0 Å². The van der Waals surface area contributed by atoms with E-state index in [2.05, 4.69) is 5.32 Å². The number of dihydropyridines is 1. The minimum Gasteiger partial charge on any atom is -0.466 e. The highest BCUT2D eigenvalue weighted by Crippen LogP contribution is 2.40. The second-order valence-electron chi connectivity index (χ2n) is 5.18. The molecule has 1 heterocycles. The third kappa shape index (κ3) is 3.08. The molecule has 126 valence electrons. The minimum atomic E-state index is -0.952. The molecule has 1 aromatic rings. The highest BCUT2D eigenvalue weighted by Gasteiger charge is 2.39. The summed E-state index contributed by atoms with van der Waals surface area (Å²) in [5.74, 6) is -2.39. The highest BCUT2D eigenvalue weighted by molar-refractivity contribution is 6.00. The zero-order valence-corrected chi connectivity index (χ0v) is 13.9. The Kier molecular flexibility index (Phi) is 5.21. The summed E-state index contributed by atoms with van der Waals surface area (Å²) >= 11 is 0. The fourth-order valence-corrected chi connectivity index (χ4v) is 2.79. The summed E-state index contributed by atoms with van der Waals surface area (Å²) in [6, 6.07) is 10.5. The summed E-state index contributed by atoms with van der Waals surface area (Å²) in [6.45, 7) is 1.60. The van der Waals surface area contributed by atoms with E-state index in [0.29, 0.717) is 11.3 Å². The Morgan fingerprint density at radius 3 is 2.20 bits per heavy atom. The van der Waals surface area contributed by atoms with Crippen molar-refractivity contribution in [1.82, 2.24) is 5.32 Å². The number of nitrogens with one attached hydrogen (secondary N) is 1. The van der Waals surface area contributed by atoms with Crippen LogP contribution < -0.4 is 5.32 Å². The number of nitriles is 2. The zero-order valence-electron chi connectivity index (χ0n) is 13.9. The van der Waals surface area contributed by atoms with Crippen molar-refractivity contribution in [2.45, 2.75) is 12.8 Å². The van der Waals surface area contributed by atoms with Crippen molar-refractivity contribution in [2.75, 3.05) is 14.2 Å². The molecular formula is C18H15N3O4. The third-order valence-electron chi connectivity index (χ3n) is 3.88. The summed E-state index contributed by atoms with van der Waals surface area (Å²) in [5.41, 5.74) is 1.13. The van der Waals surface area contributed by atoms with Gasteiger partial charge in [0, 0.05) is 5.70 Å². The van der Waals surface area contributed by atoms with E-state index < -0.39 is 17.9 Å². The van der Waals surface area contributed by atoms with Gasteiger partial charge in [0.2, 0.25) is 0 Å². The molecule has 0 saturated carbocycles. The number of allylic oxidation sites excluding steroid dienone is 2. The molecule has 1 aromatic carbocycles. The number of nitrogens with zero attached hydrogens (tertiary/aromatic N) is 2. The van der Waals surface area contributed by atoms with Crippen LogP contribution in [0.15, 0.2) is 46.8 Å². The summed E-state index contributed by atoms with van der Waals surface area (Å²) in [7, 11) is 2.40. The SMILES string of the molecule is COC(=O)C1=C(C)NC(C#N)=C(C(=O)OC)C1c1ccccc1C#N. The molecule has 1 aliphatic rings. The smallest absolute Gasteiger partial charge is 0.337 e. The number of hydrogen-bond donors (Lipinski definition) is 1. The normalized spacial score (nSPS) is 16.4. The van der Waals surface area contributed by atoms with Gasteiger partial charge in [-0.1, -0.05) is 18.2 Å². The predicted octanol–water partition coefficient (Wildman–Crippen LogP) is 1.64. The molecular weight excluding hydrogens is 322 g/mol. The van der Waals surface area contributed by atoms with E-state index >= 15 is 0 Å². The lowest BCUT2D eigenvalue weighted by Crippen LogP contribution is -2.32. The number of rotatable bonds is 3. The van der Waals surface area contributed by atoms with E-state index in [1.807, 2.05) is 12.1 Å². The molecule has 0 spiro atoms. The summed E-state index contributed by atoms with van der Waals surface area (Å²) in [4.78, 5) is 24.7. The van der Waals surface area contributed by atoms with Gasteiger partial charge in [-0.15, -0.1) is 0 Å². The van der Waals surface area contributed by atoms with E-state index in [0.717, 1.165) is 0 Å². The molecule has 1 atom stereocenters. The van der Waals surface area contributed by atoms with Crippen molar-refractivity contribution in [3.05, 3.63) is 57.9 Å². The Hall–Kier alpha value is -3.58. The quantitative estimate of drug-likeness (QED) is 0.834. The maximum absolute atomic E-state index is 12.4. The minimum absolute atomic E-state index is 0.0326. The Bertz CT molecular complexity index is 884. The number of ether oxygens (including phenoxy) is 2. The first-order valence-electron chi connectivity index (χ1n) is 7.27. The fraction of sp³-hybridized carbons (Fsp3) is 0.222. The lowest BCUT2D eigenvalue weighted by molar-refractivity contribution is -0.137. The van der Waals surface area contributed by atoms with Gasteiger partial charge in [0.15, 0.2) is 0 Å². The summed E-state index contributed by atoms with van der Waals surface area (Å²) < 4.78 is 9.64. The number of hydrogen-bond acceptors (Lipinski definition) is 7. The van der Waals surface area contributed by atoms with Crippen LogP contribution in [0.2, 0.25) is 0 Å². The number of methoxy groups -OCH3 is 2. The van der Waals surface area contributed by atoms with Gasteiger partial charge < -0.3 is 14.8 Å². The second-order valence-corrected chi connectivity index (χ2v) is 5.18. The standard InChI is InChI=1S/C18H15N3O4/c1-10-14(17(22)24-2)15(12-7-5-4-6-11(12)8-19)16(18(23)25-3)13(9-20)21-10/h4-7,15,21H,1-3H3. The molecule has 0 radical (unpaired) electrons. The van der Waals surface area contributed by atoms with E-state index in [9.17, 15) is 20.1 Å². The average molecular weight is 337 g/mol. The van der Waals surface area contributed by atoms with Gasteiger partial charge in [0.05, 0.1) is 42.9 Å². The molecule has 1 unspecified atom stereocenters. The summed E-state index contributed by atoms with van der Waals surface area (Å²) in [6.07, 6.45) is 0. The van der Waals surface area contributed by atoms with Gasteiger partial charge in [-0.2, -0.15) is 10.5 Å². The lowest BCUT2D eigenvalue weighted by Gasteiger charge is -2.29. The molecule has 1 aliphatic heterocycles. The Balaban J connectivity index is 2.85. The molecule has 2 rings (SSSR count). The van der Waals surface area contributed by atoms with Crippen molar-refractivity contribution in [1.29, 1.82) is 10.5 Å². The van der Waals surface area contributed by atoms with Crippen LogP contribution >= 0.6 is 0 Å². The summed E-state index contributed by atoms with van der Waals surface area (Å²) in [5, 5.41) is 21.6. The number of carbonyl (C=O) groups is 2. The van der Waals surface area contributed by atoms with Crippen molar-refractivity contribution in [2.24, 2.45) is 0 Å². The first-order valence-corrected chi connectivity index (χ1v) is 7.27. The molecule has 0 aromatic heterocycles. The van der Waals surface area contributed by atoms with Crippen LogP contribution in [-0.4, -0.2) is 26.2 Å². The van der Waals surface area contributed by atoms with Crippen LogP contribution in [-0.2, 0) is 19.1 Å². The average Bonchev–Trinajstić information content (AvgIpc) is 2.65. The topological polar surface area (TPSA) is 112 Å². The largest absolute Gasteiger partial charge is 0.466 e. The van der Waals surface area contributed by atoms with Crippen LogP contribution in [0.3, 0.4) is 0 Å². The molecule has 0 bridgehead atoms. The molecule has 0 fully saturated rings. The highest BCUT2D eigenvalue weighted by atomic mass is 16.5. The zero-order chi connectivity index (χ0) is 18.6. The first kappa shape index (κ1) is 17.8. The molecule has 7 nitrogen and oxygen atoms in total. The molecule has 1 N–H and O–H groups in total. The van der Waals surface area contributed by atoms with Gasteiger partial charge in [-0.3, -0.25) is 0 Å². The first-order chi connectivity index (χ1) is 12.0. The molecule has 0 aliphatic carbocycles. The number of esters is 2. The molecule has 0 amide bonds. The van der Waals surface area contributed by atoms with E-state index in [4.69, 9.17) is 9.47 Å². The van der Waals surface area contributed by atoms with Gasteiger partial charge in [-0.05, 0) is 18.6 Å². The van der Waals surface area contributed by atoms with Gasteiger partial charge in [0.1, 0.15) is 11.8 Å². The van der Waals surface area contributed by atoms with E-state index in [1.165, 1.54) is 14.2 Å². The van der Waals surface area contributed by atoms with Crippen LogP contribution in [0, 0.1) is 22.7 Å². The maximum atomic E-state index is 12.4.